The van der Waals surface area contributed by atoms with Crippen molar-refractivity contribution >= 4 is 10.0 Å². The summed E-state index contributed by atoms with van der Waals surface area (Å²) in [5.41, 5.74) is 0.613. The highest BCUT2D eigenvalue weighted by Gasteiger charge is 2.36. The van der Waals surface area contributed by atoms with Crippen LogP contribution in [0.1, 0.15) is 50.4 Å². The molecular formula is C17H23N5O4S. The van der Waals surface area contributed by atoms with Crippen LogP contribution in [0.3, 0.4) is 0 Å². The number of nitrogens with one attached hydrogen (secondary N) is 1. The molecule has 2 aliphatic rings. The fourth-order valence-corrected chi connectivity index (χ4v) is 4.36. The summed E-state index contributed by atoms with van der Waals surface area (Å²) in [5.74, 6) is 0.398. The molecular weight excluding hydrogens is 370 g/mol. The average molecular weight is 393 g/mol. The van der Waals surface area contributed by atoms with Gasteiger partial charge < -0.3 is 9.30 Å². The molecule has 10 heteroatoms. The molecule has 146 valence electrons. The largest absolute Gasteiger partial charge is 0.377 e. The van der Waals surface area contributed by atoms with Gasteiger partial charge in [0.15, 0.2) is 5.03 Å². The van der Waals surface area contributed by atoms with Crippen molar-refractivity contribution in [2.45, 2.75) is 55.8 Å². The molecule has 1 saturated heterocycles. The summed E-state index contributed by atoms with van der Waals surface area (Å²) < 4.78 is 36.6. The second-order valence-corrected chi connectivity index (χ2v) is 9.06. The Bertz CT molecular complexity index is 993. The molecule has 4 rings (SSSR count). The maximum absolute atomic E-state index is 12.7. The Kier molecular flexibility index (Phi) is 4.65. The molecule has 0 amide bonds. The minimum absolute atomic E-state index is 0.0473. The first-order valence-electron chi connectivity index (χ1n) is 9.08. The number of nitrogens with zero attached hydrogens (tertiary/aromatic N) is 4. The van der Waals surface area contributed by atoms with Crippen molar-refractivity contribution in [3.8, 4) is 0 Å². The molecule has 2 aromatic heterocycles. The Hall–Kier alpha value is -2.04. The van der Waals surface area contributed by atoms with Crippen molar-refractivity contribution in [3.05, 3.63) is 40.7 Å². The van der Waals surface area contributed by atoms with Gasteiger partial charge in [0.05, 0.1) is 37.3 Å². The van der Waals surface area contributed by atoms with Crippen LogP contribution in [0.25, 0.3) is 0 Å². The zero-order valence-electron chi connectivity index (χ0n) is 15.3. The van der Waals surface area contributed by atoms with E-state index in [0.29, 0.717) is 5.92 Å². The summed E-state index contributed by atoms with van der Waals surface area (Å²) in [6, 6.07) is 2.28. The Morgan fingerprint density at radius 1 is 1.26 bits per heavy atom. The van der Waals surface area contributed by atoms with Crippen LogP contribution < -0.4 is 10.3 Å². The van der Waals surface area contributed by atoms with Crippen molar-refractivity contribution in [2.24, 2.45) is 0 Å². The van der Waals surface area contributed by atoms with Gasteiger partial charge in [-0.25, -0.2) is 22.8 Å². The van der Waals surface area contributed by atoms with Crippen molar-refractivity contribution < 1.29 is 13.2 Å². The van der Waals surface area contributed by atoms with Gasteiger partial charge in [0.2, 0.25) is 0 Å². The van der Waals surface area contributed by atoms with E-state index >= 15 is 0 Å². The number of imidazole rings is 1. The number of hydrogen-bond acceptors (Lipinski definition) is 6. The molecule has 1 aliphatic heterocycles. The molecule has 0 bridgehead atoms. The van der Waals surface area contributed by atoms with Crippen molar-refractivity contribution in [3.63, 3.8) is 0 Å². The second-order valence-electron chi connectivity index (χ2n) is 7.40. The van der Waals surface area contributed by atoms with E-state index in [1.807, 2.05) is 13.8 Å². The second kappa shape index (κ2) is 6.84. The van der Waals surface area contributed by atoms with Crippen LogP contribution in [-0.4, -0.2) is 47.0 Å². The molecule has 2 unspecified atom stereocenters. The summed E-state index contributed by atoms with van der Waals surface area (Å²) in [5, 5.41) is 4.42. The number of sulfonamides is 1. The normalized spacial score (nSPS) is 23.2. The molecule has 1 saturated carbocycles. The summed E-state index contributed by atoms with van der Waals surface area (Å²) >= 11 is 0. The summed E-state index contributed by atoms with van der Waals surface area (Å²) in [7, 11) is -3.83. The minimum Gasteiger partial charge on any atom is -0.377 e. The zero-order valence-corrected chi connectivity index (χ0v) is 16.1. The first-order chi connectivity index (χ1) is 12.8. The first-order valence-corrected chi connectivity index (χ1v) is 10.6. The molecule has 0 spiro atoms. The summed E-state index contributed by atoms with van der Waals surface area (Å²) in [6.07, 6.45) is 5.13. The average Bonchev–Trinajstić information content (AvgIpc) is 3.15. The van der Waals surface area contributed by atoms with E-state index in [1.54, 1.807) is 10.6 Å². The number of rotatable bonds is 6. The molecule has 2 fully saturated rings. The molecule has 27 heavy (non-hydrogen) atoms. The lowest BCUT2D eigenvalue weighted by molar-refractivity contribution is 0.181. The third kappa shape index (κ3) is 3.69. The topological polar surface area (TPSA) is 108 Å². The predicted molar refractivity (Wildman–Crippen MR) is 97.0 cm³/mol. The molecule has 0 aromatic carbocycles. The monoisotopic (exact) mass is 393 g/mol. The smallest absolute Gasteiger partial charge is 0.267 e. The molecule has 2 aromatic rings. The van der Waals surface area contributed by atoms with Gasteiger partial charge in [-0.3, -0.25) is 4.79 Å². The van der Waals surface area contributed by atoms with Crippen LogP contribution in [0.4, 0.5) is 0 Å². The molecule has 2 atom stereocenters. The molecule has 1 N–H and O–H groups in total. The third-order valence-electron chi connectivity index (χ3n) is 4.96. The van der Waals surface area contributed by atoms with Gasteiger partial charge in [0, 0.05) is 24.2 Å². The van der Waals surface area contributed by atoms with Gasteiger partial charge >= 0.3 is 0 Å². The lowest BCUT2D eigenvalue weighted by atomic mass is 10.2. The fourth-order valence-electron chi connectivity index (χ4n) is 3.17. The lowest BCUT2D eigenvalue weighted by Crippen LogP contribution is -2.44. The van der Waals surface area contributed by atoms with Crippen LogP contribution in [0.5, 0.6) is 0 Å². The Morgan fingerprint density at radius 2 is 2.04 bits per heavy atom. The van der Waals surface area contributed by atoms with E-state index in [4.69, 9.17) is 4.74 Å². The SMILES string of the molecule is CC(C)n1cnc(S(=O)(=O)NC2COCC2n2nc(C3CC3)ccc2=O)c1. The van der Waals surface area contributed by atoms with Gasteiger partial charge in [-0.2, -0.15) is 5.10 Å². The molecule has 9 nitrogen and oxygen atoms in total. The van der Waals surface area contributed by atoms with E-state index in [0.717, 1.165) is 18.5 Å². The van der Waals surface area contributed by atoms with Crippen molar-refractivity contribution in [1.82, 2.24) is 24.1 Å². The van der Waals surface area contributed by atoms with E-state index in [1.165, 1.54) is 23.3 Å². The molecule has 3 heterocycles. The summed E-state index contributed by atoms with van der Waals surface area (Å²) in [4.78, 5) is 16.3. The highest BCUT2D eigenvalue weighted by Crippen LogP contribution is 2.38. The molecule has 1 aliphatic carbocycles. The summed E-state index contributed by atoms with van der Waals surface area (Å²) in [6.45, 7) is 4.29. The Balaban J connectivity index is 1.58. The van der Waals surface area contributed by atoms with Crippen molar-refractivity contribution in [2.75, 3.05) is 13.2 Å². The zero-order chi connectivity index (χ0) is 19.2. The van der Waals surface area contributed by atoms with Gasteiger partial charge in [-0.15, -0.1) is 0 Å². The maximum Gasteiger partial charge on any atom is 0.267 e. The number of aromatic nitrogens is 4. The van der Waals surface area contributed by atoms with E-state index < -0.39 is 22.1 Å². The van der Waals surface area contributed by atoms with Crippen LogP contribution in [-0.2, 0) is 14.8 Å². The quantitative estimate of drug-likeness (QED) is 0.778. The van der Waals surface area contributed by atoms with E-state index in [2.05, 4.69) is 14.8 Å². The highest BCUT2D eigenvalue weighted by molar-refractivity contribution is 7.89. The van der Waals surface area contributed by atoms with Crippen molar-refractivity contribution in [1.29, 1.82) is 0 Å². The van der Waals surface area contributed by atoms with Crippen LogP contribution in [0, 0.1) is 0 Å². The van der Waals surface area contributed by atoms with Crippen LogP contribution >= 0.6 is 0 Å². The van der Waals surface area contributed by atoms with Gasteiger partial charge in [-0.05, 0) is 32.8 Å². The first kappa shape index (κ1) is 18.3. The minimum atomic E-state index is -3.83. The van der Waals surface area contributed by atoms with Gasteiger partial charge in [0.1, 0.15) is 0 Å². The lowest BCUT2D eigenvalue weighted by Gasteiger charge is -2.20. The number of ether oxygens (including phenoxy) is 1. The fraction of sp³-hybridized carbons (Fsp3) is 0.588. The number of hydrogen-bond donors (Lipinski definition) is 1. The standard InChI is InChI=1S/C17H23N5O4S/c1-11(2)21-7-16(18-10-21)27(24,25)20-14-8-26-9-15(14)22-17(23)6-5-13(19-22)12-3-4-12/h5-7,10-12,14-15,20H,3-4,8-9H2,1-2H3. The van der Waals surface area contributed by atoms with E-state index in [9.17, 15) is 13.2 Å². The van der Waals surface area contributed by atoms with Gasteiger partial charge in [0.25, 0.3) is 15.6 Å². The van der Waals surface area contributed by atoms with Crippen LogP contribution in [0.15, 0.2) is 34.5 Å². The Morgan fingerprint density at radius 3 is 2.70 bits per heavy atom. The predicted octanol–water partition coefficient (Wildman–Crippen LogP) is 0.816. The van der Waals surface area contributed by atoms with E-state index in [-0.39, 0.29) is 29.8 Å². The maximum atomic E-state index is 12.7. The van der Waals surface area contributed by atoms with Gasteiger partial charge in [-0.1, -0.05) is 0 Å². The Labute approximate surface area is 157 Å². The third-order valence-corrected chi connectivity index (χ3v) is 6.34. The van der Waals surface area contributed by atoms with Crippen LogP contribution in [0.2, 0.25) is 0 Å². The highest BCUT2D eigenvalue weighted by atomic mass is 32.2. The molecule has 0 radical (unpaired) electrons.